The zero-order valence-electron chi connectivity index (χ0n) is 17.0. The Morgan fingerprint density at radius 3 is 2.03 bits per heavy atom. The summed E-state index contributed by atoms with van der Waals surface area (Å²) in [4.78, 5) is 24.9. The summed E-state index contributed by atoms with van der Waals surface area (Å²) < 4.78 is 15.8. The number of hydrogen-bond acceptors (Lipinski definition) is 7. The van der Waals surface area contributed by atoms with Crippen molar-refractivity contribution in [3.8, 4) is 11.5 Å². The fourth-order valence-electron chi connectivity index (χ4n) is 2.89. The van der Waals surface area contributed by atoms with Crippen LogP contribution < -0.4 is 20.2 Å². The molecule has 0 atom stereocenters. The van der Waals surface area contributed by atoms with Crippen molar-refractivity contribution in [3.05, 3.63) is 59.9 Å². The smallest absolute Gasteiger partial charge is 0.291 e. The van der Waals surface area contributed by atoms with Crippen molar-refractivity contribution in [2.45, 2.75) is 13.3 Å². The third kappa shape index (κ3) is 4.96. The van der Waals surface area contributed by atoms with Gasteiger partial charge in [-0.15, -0.1) is 0 Å². The summed E-state index contributed by atoms with van der Waals surface area (Å²) in [5, 5.41) is 7.00. The maximum absolute atomic E-state index is 12.7. The van der Waals surface area contributed by atoms with Crippen molar-refractivity contribution < 1.29 is 23.8 Å². The lowest BCUT2D eigenvalue weighted by Crippen LogP contribution is -2.21. The first-order chi connectivity index (χ1) is 14.5. The molecule has 156 valence electrons. The van der Waals surface area contributed by atoms with Crippen molar-refractivity contribution >= 4 is 28.8 Å². The zero-order valence-corrected chi connectivity index (χ0v) is 17.0. The van der Waals surface area contributed by atoms with Gasteiger partial charge < -0.3 is 19.5 Å². The number of rotatable bonds is 8. The van der Waals surface area contributed by atoms with E-state index in [4.69, 9.17) is 14.2 Å². The number of Topliss-reactive ketones (excluding diaryl/α,β-unsaturated/α-hetero) is 1. The summed E-state index contributed by atoms with van der Waals surface area (Å²) in [6.07, 6.45) is 0.411. The Kier molecular flexibility index (Phi) is 6.69. The van der Waals surface area contributed by atoms with Crippen molar-refractivity contribution in [3.63, 3.8) is 0 Å². The van der Waals surface area contributed by atoms with Gasteiger partial charge in [0, 0.05) is 24.6 Å². The maximum atomic E-state index is 12.7. The van der Waals surface area contributed by atoms with E-state index in [1.807, 2.05) is 0 Å². The number of benzene rings is 2. The van der Waals surface area contributed by atoms with E-state index in [1.165, 1.54) is 6.92 Å². The zero-order chi connectivity index (χ0) is 21.5. The minimum Gasteiger partial charge on any atom is -0.497 e. The lowest BCUT2D eigenvalue weighted by Gasteiger charge is -2.10. The molecule has 2 aromatic carbocycles. The van der Waals surface area contributed by atoms with Gasteiger partial charge >= 0.3 is 0 Å². The molecule has 0 fully saturated rings. The Morgan fingerprint density at radius 1 is 0.933 bits per heavy atom. The SMILES string of the molecule is COc1ccc(N/N=C(\C(C)=O)C2=C(C(=O)Nc3ccc(OC)cc3)OCC2)cc1. The van der Waals surface area contributed by atoms with Crippen LogP contribution in [0, 0.1) is 0 Å². The molecule has 0 radical (unpaired) electrons. The van der Waals surface area contributed by atoms with Crippen LogP contribution in [0.4, 0.5) is 11.4 Å². The molecule has 1 aliphatic rings. The number of nitrogens with one attached hydrogen (secondary N) is 2. The van der Waals surface area contributed by atoms with Gasteiger partial charge in [0.05, 0.1) is 26.5 Å². The molecule has 0 saturated heterocycles. The van der Waals surface area contributed by atoms with Crippen molar-refractivity contribution in [1.29, 1.82) is 0 Å². The summed E-state index contributed by atoms with van der Waals surface area (Å²) in [6.45, 7) is 1.70. The number of hydrazone groups is 1. The van der Waals surface area contributed by atoms with Gasteiger partial charge in [0.15, 0.2) is 11.5 Å². The summed E-state index contributed by atoms with van der Waals surface area (Å²) in [7, 11) is 3.15. The maximum Gasteiger partial charge on any atom is 0.291 e. The van der Waals surface area contributed by atoms with Gasteiger partial charge in [-0.1, -0.05) is 0 Å². The van der Waals surface area contributed by atoms with Crippen LogP contribution in [0.25, 0.3) is 0 Å². The number of amides is 1. The first-order valence-electron chi connectivity index (χ1n) is 9.32. The number of hydrogen-bond donors (Lipinski definition) is 2. The molecular formula is C22H23N3O5. The van der Waals surface area contributed by atoms with Crippen LogP contribution >= 0.6 is 0 Å². The van der Waals surface area contributed by atoms with Crippen molar-refractivity contribution in [1.82, 2.24) is 0 Å². The number of carbonyl (C=O) groups excluding carboxylic acids is 2. The number of carbonyl (C=O) groups is 2. The largest absolute Gasteiger partial charge is 0.497 e. The van der Waals surface area contributed by atoms with Crippen LogP contribution in [0.3, 0.4) is 0 Å². The Bertz CT molecular complexity index is 979. The second-order valence-corrected chi connectivity index (χ2v) is 6.45. The van der Waals surface area contributed by atoms with Crippen LogP contribution in [-0.2, 0) is 14.3 Å². The quantitative estimate of drug-likeness (QED) is 0.512. The minimum atomic E-state index is -0.439. The Morgan fingerprint density at radius 2 is 1.50 bits per heavy atom. The molecule has 1 amide bonds. The molecule has 3 rings (SSSR count). The van der Waals surface area contributed by atoms with E-state index in [0.29, 0.717) is 41.5 Å². The average Bonchev–Trinajstić information content (AvgIpc) is 3.24. The minimum absolute atomic E-state index is 0.0938. The lowest BCUT2D eigenvalue weighted by atomic mass is 10.0. The predicted molar refractivity (Wildman–Crippen MR) is 114 cm³/mol. The molecule has 0 saturated carbocycles. The predicted octanol–water partition coefficient (Wildman–Crippen LogP) is 3.37. The lowest BCUT2D eigenvalue weighted by molar-refractivity contribution is -0.115. The molecule has 30 heavy (non-hydrogen) atoms. The Labute approximate surface area is 174 Å². The van der Waals surface area contributed by atoms with Crippen LogP contribution in [-0.4, -0.2) is 38.2 Å². The van der Waals surface area contributed by atoms with Gasteiger partial charge in [0.25, 0.3) is 5.91 Å². The first kappa shape index (κ1) is 20.9. The molecule has 1 heterocycles. The van der Waals surface area contributed by atoms with Gasteiger partial charge in [-0.25, -0.2) is 0 Å². The number of anilines is 2. The molecular weight excluding hydrogens is 386 g/mol. The van der Waals surface area contributed by atoms with E-state index in [9.17, 15) is 9.59 Å². The highest BCUT2D eigenvalue weighted by molar-refractivity contribution is 6.46. The number of nitrogens with zero attached hydrogens (tertiary/aromatic N) is 1. The summed E-state index contributed by atoms with van der Waals surface area (Å²) in [5.74, 6) is 0.773. The van der Waals surface area contributed by atoms with Crippen LogP contribution in [0.1, 0.15) is 13.3 Å². The normalized spacial score (nSPS) is 13.5. The molecule has 2 N–H and O–H groups in total. The fraction of sp³-hybridized carbons (Fsp3) is 0.227. The summed E-state index contributed by atoms with van der Waals surface area (Å²) >= 11 is 0. The van der Waals surface area contributed by atoms with Gasteiger partial charge in [0.1, 0.15) is 17.2 Å². The molecule has 2 aromatic rings. The highest BCUT2D eigenvalue weighted by atomic mass is 16.5. The monoisotopic (exact) mass is 409 g/mol. The molecule has 8 nitrogen and oxygen atoms in total. The van der Waals surface area contributed by atoms with E-state index in [-0.39, 0.29) is 17.3 Å². The van der Waals surface area contributed by atoms with Gasteiger partial charge in [0.2, 0.25) is 0 Å². The summed E-state index contributed by atoms with van der Waals surface area (Å²) in [5.41, 5.74) is 4.74. The van der Waals surface area contributed by atoms with E-state index in [1.54, 1.807) is 62.8 Å². The van der Waals surface area contributed by atoms with Gasteiger partial charge in [-0.05, 0) is 48.5 Å². The average molecular weight is 409 g/mol. The van der Waals surface area contributed by atoms with Gasteiger partial charge in [-0.3, -0.25) is 15.0 Å². The Balaban J connectivity index is 1.80. The fourth-order valence-corrected chi connectivity index (χ4v) is 2.89. The molecule has 0 aliphatic carbocycles. The second kappa shape index (κ2) is 9.60. The van der Waals surface area contributed by atoms with Crippen molar-refractivity contribution in [2.24, 2.45) is 5.10 Å². The standard InChI is InChI=1S/C22H23N3O5/c1-14(26)20(25-24-16-6-10-18(29-3)11-7-16)19-12-13-30-21(19)22(27)23-15-4-8-17(28-2)9-5-15/h4-11,24H,12-13H2,1-3H3,(H,23,27)/b25-20+. The first-order valence-corrected chi connectivity index (χ1v) is 9.32. The molecule has 1 aliphatic heterocycles. The van der Waals surface area contributed by atoms with Crippen molar-refractivity contribution in [2.75, 3.05) is 31.6 Å². The number of ketones is 1. The van der Waals surface area contributed by atoms with E-state index >= 15 is 0 Å². The third-order valence-corrected chi connectivity index (χ3v) is 4.43. The molecule has 0 unspecified atom stereocenters. The number of ether oxygens (including phenoxy) is 3. The van der Waals surface area contributed by atoms with E-state index in [0.717, 1.165) is 0 Å². The molecule has 0 aromatic heterocycles. The molecule has 0 bridgehead atoms. The van der Waals surface area contributed by atoms with Crippen LogP contribution in [0.2, 0.25) is 0 Å². The second-order valence-electron chi connectivity index (χ2n) is 6.45. The number of methoxy groups -OCH3 is 2. The van der Waals surface area contributed by atoms with Gasteiger partial charge in [-0.2, -0.15) is 5.10 Å². The third-order valence-electron chi connectivity index (χ3n) is 4.43. The summed E-state index contributed by atoms with van der Waals surface area (Å²) in [6, 6.07) is 14.0. The molecule has 0 spiro atoms. The van der Waals surface area contributed by atoms with E-state index in [2.05, 4.69) is 15.8 Å². The topological polar surface area (TPSA) is 98.2 Å². The molecule has 8 heteroatoms. The Hall–Kier alpha value is -3.81. The van der Waals surface area contributed by atoms with Crippen LogP contribution in [0.5, 0.6) is 11.5 Å². The highest BCUT2D eigenvalue weighted by Gasteiger charge is 2.28. The van der Waals surface area contributed by atoms with E-state index < -0.39 is 5.91 Å². The van der Waals surface area contributed by atoms with Crippen LogP contribution in [0.15, 0.2) is 65.0 Å². The highest BCUT2D eigenvalue weighted by Crippen LogP contribution is 2.24.